The van der Waals surface area contributed by atoms with E-state index >= 15 is 0 Å². The Morgan fingerprint density at radius 1 is 1.11 bits per heavy atom. The summed E-state index contributed by atoms with van der Waals surface area (Å²) >= 11 is 0. The number of carbonyl (C=O) groups excluding carboxylic acids is 1. The molecule has 0 unspecified atom stereocenters. The van der Waals surface area contributed by atoms with Crippen LogP contribution in [-0.4, -0.2) is 15.3 Å². The fourth-order valence-electron chi connectivity index (χ4n) is 1.84. The van der Waals surface area contributed by atoms with Gasteiger partial charge in [-0.15, -0.1) is 0 Å². The number of pyridine rings is 1. The summed E-state index contributed by atoms with van der Waals surface area (Å²) in [6, 6.07) is 12.8. The molecule has 5 nitrogen and oxygen atoms in total. The lowest BCUT2D eigenvalue weighted by molar-refractivity contribution is 0.102. The standard InChI is InChI=1S/C14H12N4O/c15-10-6-7-13-17-12(9-18(13)8-10)14(19)16-11-4-2-1-3-5-11/h1-9H,15H2,(H,16,19). The maximum atomic E-state index is 12.1. The number of aromatic nitrogens is 2. The number of fused-ring (bicyclic) bond motifs is 1. The fraction of sp³-hybridized carbons (Fsp3) is 0. The molecule has 3 N–H and O–H groups in total. The summed E-state index contributed by atoms with van der Waals surface area (Å²) in [5.74, 6) is -0.242. The van der Waals surface area contributed by atoms with Gasteiger partial charge in [0.25, 0.3) is 5.91 Å². The van der Waals surface area contributed by atoms with Crippen LogP contribution in [0, 0.1) is 0 Å². The van der Waals surface area contributed by atoms with E-state index in [4.69, 9.17) is 5.73 Å². The Kier molecular flexibility index (Phi) is 2.64. The fourth-order valence-corrected chi connectivity index (χ4v) is 1.84. The third kappa shape index (κ3) is 2.26. The molecule has 0 saturated heterocycles. The van der Waals surface area contributed by atoms with Gasteiger partial charge in [-0.05, 0) is 24.3 Å². The van der Waals surface area contributed by atoms with Crippen molar-refractivity contribution in [3.63, 3.8) is 0 Å². The smallest absolute Gasteiger partial charge is 0.275 e. The van der Waals surface area contributed by atoms with Gasteiger partial charge >= 0.3 is 0 Å². The summed E-state index contributed by atoms with van der Waals surface area (Å²) in [7, 11) is 0. The normalized spacial score (nSPS) is 10.5. The maximum absolute atomic E-state index is 12.1. The highest BCUT2D eigenvalue weighted by atomic mass is 16.1. The molecule has 0 bridgehead atoms. The quantitative estimate of drug-likeness (QED) is 0.734. The number of nitrogen functional groups attached to an aromatic ring is 1. The number of benzene rings is 1. The number of nitrogens with two attached hydrogens (primary N) is 1. The van der Waals surface area contributed by atoms with E-state index in [-0.39, 0.29) is 5.91 Å². The topological polar surface area (TPSA) is 72.4 Å². The number of rotatable bonds is 2. The summed E-state index contributed by atoms with van der Waals surface area (Å²) in [4.78, 5) is 16.3. The largest absolute Gasteiger partial charge is 0.398 e. The molecule has 2 heterocycles. The highest BCUT2D eigenvalue weighted by Crippen LogP contribution is 2.11. The molecule has 0 saturated carbocycles. The van der Waals surface area contributed by atoms with Crippen LogP contribution in [0.1, 0.15) is 10.5 Å². The van der Waals surface area contributed by atoms with E-state index in [0.29, 0.717) is 17.0 Å². The first-order valence-corrected chi connectivity index (χ1v) is 5.83. The second-order valence-corrected chi connectivity index (χ2v) is 4.17. The van der Waals surface area contributed by atoms with E-state index in [1.54, 1.807) is 28.9 Å². The van der Waals surface area contributed by atoms with E-state index in [2.05, 4.69) is 10.3 Å². The van der Waals surface area contributed by atoms with E-state index in [1.807, 2.05) is 30.3 Å². The third-order valence-electron chi connectivity index (χ3n) is 2.74. The van der Waals surface area contributed by atoms with Gasteiger partial charge in [0.15, 0.2) is 0 Å². The van der Waals surface area contributed by atoms with E-state index in [9.17, 15) is 4.79 Å². The number of amides is 1. The molecule has 1 amide bonds. The first-order valence-electron chi connectivity index (χ1n) is 5.83. The minimum absolute atomic E-state index is 0.242. The average molecular weight is 252 g/mol. The van der Waals surface area contributed by atoms with E-state index in [0.717, 1.165) is 5.69 Å². The van der Waals surface area contributed by atoms with E-state index < -0.39 is 0 Å². The van der Waals surface area contributed by atoms with Crippen LogP contribution in [0.2, 0.25) is 0 Å². The number of carbonyl (C=O) groups is 1. The summed E-state index contributed by atoms with van der Waals surface area (Å²) < 4.78 is 1.73. The summed E-state index contributed by atoms with van der Waals surface area (Å²) in [6.07, 6.45) is 3.38. The van der Waals surface area contributed by atoms with Gasteiger partial charge in [-0.2, -0.15) is 0 Å². The zero-order valence-electron chi connectivity index (χ0n) is 10.1. The summed E-state index contributed by atoms with van der Waals surface area (Å²) in [5, 5.41) is 2.79. The van der Waals surface area contributed by atoms with Crippen LogP contribution in [-0.2, 0) is 0 Å². The molecule has 0 spiro atoms. The van der Waals surface area contributed by atoms with Crippen LogP contribution < -0.4 is 11.1 Å². The Bertz CT molecular complexity index is 734. The molecule has 0 atom stereocenters. The maximum Gasteiger partial charge on any atom is 0.275 e. The molecule has 0 aliphatic carbocycles. The van der Waals surface area contributed by atoms with Crippen molar-refractivity contribution in [2.45, 2.75) is 0 Å². The lowest BCUT2D eigenvalue weighted by Gasteiger charge is -2.01. The SMILES string of the molecule is Nc1ccc2nc(C(=O)Nc3ccccc3)cn2c1. The van der Waals surface area contributed by atoms with Crippen molar-refractivity contribution >= 4 is 22.9 Å². The van der Waals surface area contributed by atoms with Crippen LogP contribution in [0.5, 0.6) is 0 Å². The lowest BCUT2D eigenvalue weighted by Crippen LogP contribution is -2.11. The molecular weight excluding hydrogens is 240 g/mol. The van der Waals surface area contributed by atoms with Gasteiger partial charge in [-0.25, -0.2) is 4.98 Å². The van der Waals surface area contributed by atoms with Gasteiger partial charge < -0.3 is 15.5 Å². The van der Waals surface area contributed by atoms with Crippen molar-refractivity contribution in [1.29, 1.82) is 0 Å². The minimum Gasteiger partial charge on any atom is -0.398 e. The van der Waals surface area contributed by atoms with Crippen LogP contribution in [0.4, 0.5) is 11.4 Å². The Balaban J connectivity index is 1.89. The predicted molar refractivity (Wildman–Crippen MR) is 74.0 cm³/mol. The van der Waals surface area contributed by atoms with Gasteiger partial charge in [-0.3, -0.25) is 4.79 Å². The average Bonchev–Trinajstić information content (AvgIpc) is 2.83. The highest BCUT2D eigenvalue weighted by molar-refractivity contribution is 6.03. The van der Waals surface area contributed by atoms with Gasteiger partial charge in [0.2, 0.25) is 0 Å². The van der Waals surface area contributed by atoms with Crippen LogP contribution in [0.3, 0.4) is 0 Å². The lowest BCUT2D eigenvalue weighted by atomic mass is 10.3. The van der Waals surface area contributed by atoms with Crippen LogP contribution in [0.25, 0.3) is 5.65 Å². The van der Waals surface area contributed by atoms with Crippen molar-refractivity contribution in [3.8, 4) is 0 Å². The zero-order chi connectivity index (χ0) is 13.2. The minimum atomic E-state index is -0.242. The van der Waals surface area contributed by atoms with Crippen molar-refractivity contribution in [2.24, 2.45) is 0 Å². The van der Waals surface area contributed by atoms with E-state index in [1.165, 1.54) is 0 Å². The van der Waals surface area contributed by atoms with Crippen LogP contribution in [0.15, 0.2) is 54.9 Å². The number of hydrogen-bond acceptors (Lipinski definition) is 3. The Hall–Kier alpha value is -2.82. The monoisotopic (exact) mass is 252 g/mol. The highest BCUT2D eigenvalue weighted by Gasteiger charge is 2.10. The van der Waals surface area contributed by atoms with Crippen molar-refractivity contribution in [3.05, 3.63) is 60.6 Å². The van der Waals surface area contributed by atoms with Crippen molar-refractivity contribution < 1.29 is 4.79 Å². The Morgan fingerprint density at radius 2 is 1.89 bits per heavy atom. The number of para-hydroxylation sites is 1. The molecule has 0 aliphatic heterocycles. The van der Waals surface area contributed by atoms with Crippen LogP contribution >= 0.6 is 0 Å². The number of imidazole rings is 1. The molecule has 3 rings (SSSR count). The summed E-state index contributed by atoms with van der Waals surface area (Å²) in [5.41, 5.74) is 8.09. The zero-order valence-corrected chi connectivity index (χ0v) is 10.1. The first-order chi connectivity index (χ1) is 9.22. The summed E-state index contributed by atoms with van der Waals surface area (Å²) in [6.45, 7) is 0. The third-order valence-corrected chi connectivity index (χ3v) is 2.74. The van der Waals surface area contributed by atoms with Gasteiger partial charge in [-0.1, -0.05) is 18.2 Å². The number of anilines is 2. The molecule has 0 aliphatic rings. The molecule has 0 fully saturated rings. The number of hydrogen-bond donors (Lipinski definition) is 2. The molecule has 94 valence electrons. The molecular formula is C14H12N4O. The molecule has 2 aromatic heterocycles. The Labute approximate surface area is 109 Å². The number of nitrogens with one attached hydrogen (secondary N) is 1. The first kappa shape index (κ1) is 11.3. The second kappa shape index (κ2) is 4.45. The van der Waals surface area contributed by atoms with Gasteiger partial charge in [0.05, 0.1) is 0 Å². The van der Waals surface area contributed by atoms with Crippen molar-refractivity contribution in [1.82, 2.24) is 9.38 Å². The molecule has 1 aromatic carbocycles. The molecule has 0 radical (unpaired) electrons. The second-order valence-electron chi connectivity index (χ2n) is 4.17. The number of nitrogens with zero attached hydrogens (tertiary/aromatic N) is 2. The van der Waals surface area contributed by atoms with Crippen molar-refractivity contribution in [2.75, 3.05) is 11.1 Å². The molecule has 5 heteroatoms. The molecule has 3 aromatic rings. The molecule has 19 heavy (non-hydrogen) atoms. The Morgan fingerprint density at radius 3 is 2.68 bits per heavy atom. The van der Waals surface area contributed by atoms with Gasteiger partial charge in [0.1, 0.15) is 11.3 Å². The predicted octanol–water partition coefficient (Wildman–Crippen LogP) is 2.17. The van der Waals surface area contributed by atoms with Gasteiger partial charge in [0, 0.05) is 23.8 Å².